The average Bonchev–Trinajstić information content (AvgIpc) is 3.32. The molecule has 0 unspecified atom stereocenters. The summed E-state index contributed by atoms with van der Waals surface area (Å²) in [6.45, 7) is 5.87. The maximum atomic E-state index is 14.5. The minimum absolute atomic E-state index is 0. The van der Waals surface area contributed by atoms with E-state index in [1.807, 2.05) is 19.9 Å². The Kier molecular flexibility index (Phi) is 8.91. The molecule has 0 atom stereocenters. The van der Waals surface area contributed by atoms with Gasteiger partial charge >= 0.3 is 0 Å². The summed E-state index contributed by atoms with van der Waals surface area (Å²) in [6.07, 6.45) is 4.37. The van der Waals surface area contributed by atoms with Gasteiger partial charge in [-0.25, -0.2) is 14.4 Å². The molecule has 0 aliphatic rings. The van der Waals surface area contributed by atoms with Gasteiger partial charge < -0.3 is 15.2 Å². The summed E-state index contributed by atoms with van der Waals surface area (Å²) in [4.78, 5) is 10.0. The molecular weight excluding hydrogens is 488 g/mol. The summed E-state index contributed by atoms with van der Waals surface area (Å²) in [5.41, 5.74) is 1.32. The molecule has 0 spiro atoms. The number of thiophene rings is 1. The summed E-state index contributed by atoms with van der Waals surface area (Å²) in [5, 5.41) is 8.63. The van der Waals surface area contributed by atoms with E-state index < -0.39 is 0 Å². The van der Waals surface area contributed by atoms with Crippen molar-refractivity contribution in [2.75, 3.05) is 13.1 Å². The van der Waals surface area contributed by atoms with E-state index in [1.54, 1.807) is 34.4 Å². The molecule has 3 aromatic rings. The molecule has 2 N–H and O–H groups in total. The normalized spacial score (nSPS) is 11.2. The van der Waals surface area contributed by atoms with E-state index in [2.05, 4.69) is 38.1 Å². The minimum Gasteiger partial charge on any atom is -0.357 e. The van der Waals surface area contributed by atoms with Crippen LogP contribution < -0.4 is 10.6 Å². The third kappa shape index (κ3) is 6.03. The van der Waals surface area contributed by atoms with Crippen LogP contribution in [-0.2, 0) is 13.0 Å². The van der Waals surface area contributed by atoms with Gasteiger partial charge in [0.1, 0.15) is 11.6 Å². The van der Waals surface area contributed by atoms with Crippen LogP contribution in [0.25, 0.3) is 5.69 Å². The van der Waals surface area contributed by atoms with Gasteiger partial charge in [-0.3, -0.25) is 0 Å². The number of rotatable bonds is 7. The predicted octanol–water partition coefficient (Wildman–Crippen LogP) is 4.30. The molecule has 8 heteroatoms. The molecule has 0 saturated carbocycles. The number of aryl methyl sites for hydroxylation is 1. The second-order valence-electron chi connectivity index (χ2n) is 6.08. The molecule has 0 fully saturated rings. The summed E-state index contributed by atoms with van der Waals surface area (Å²) in [7, 11) is 0. The predicted molar refractivity (Wildman–Crippen MR) is 125 cm³/mol. The largest absolute Gasteiger partial charge is 0.357 e. The van der Waals surface area contributed by atoms with Gasteiger partial charge in [0.15, 0.2) is 5.96 Å². The number of nitrogens with zero attached hydrogens (tertiary/aromatic N) is 3. The number of aromatic nitrogens is 2. The molecule has 150 valence electrons. The van der Waals surface area contributed by atoms with Crippen molar-refractivity contribution >= 4 is 41.3 Å². The third-order valence-corrected chi connectivity index (χ3v) is 5.04. The Hall–Kier alpha value is -1.94. The number of imidazole rings is 1. The van der Waals surface area contributed by atoms with E-state index >= 15 is 0 Å². The highest BCUT2D eigenvalue weighted by Gasteiger charge is 2.08. The van der Waals surface area contributed by atoms with E-state index in [1.165, 1.54) is 10.9 Å². The van der Waals surface area contributed by atoms with Gasteiger partial charge in [-0.2, -0.15) is 0 Å². The average molecular weight is 513 g/mol. The minimum atomic E-state index is -0.278. The molecular formula is C20H25FIN5S. The maximum absolute atomic E-state index is 14.5. The fourth-order valence-corrected chi connectivity index (χ4v) is 3.46. The Bertz CT molecular complexity index is 892. The van der Waals surface area contributed by atoms with Gasteiger partial charge in [0.2, 0.25) is 0 Å². The van der Waals surface area contributed by atoms with Crippen LogP contribution in [0.15, 0.2) is 53.1 Å². The maximum Gasteiger partial charge on any atom is 0.191 e. The van der Waals surface area contributed by atoms with E-state index in [-0.39, 0.29) is 29.8 Å². The third-order valence-electron chi connectivity index (χ3n) is 4.11. The molecule has 0 bridgehead atoms. The highest BCUT2D eigenvalue weighted by molar-refractivity contribution is 14.0. The van der Waals surface area contributed by atoms with Crippen LogP contribution in [0.4, 0.5) is 4.39 Å². The molecule has 0 saturated heterocycles. The van der Waals surface area contributed by atoms with Gasteiger partial charge in [-0.15, -0.1) is 35.3 Å². The molecule has 3 rings (SSSR count). The Balaban J connectivity index is 0.00000280. The zero-order chi connectivity index (χ0) is 19.1. The quantitative estimate of drug-likeness (QED) is 0.282. The second kappa shape index (κ2) is 11.2. The van der Waals surface area contributed by atoms with E-state index in [4.69, 9.17) is 0 Å². The van der Waals surface area contributed by atoms with Crippen LogP contribution >= 0.6 is 35.3 Å². The number of nitrogens with one attached hydrogen (secondary N) is 2. The molecule has 5 nitrogen and oxygen atoms in total. The Labute approximate surface area is 186 Å². The molecule has 0 aliphatic carbocycles. The first-order valence-electron chi connectivity index (χ1n) is 9.00. The standard InChI is InChI=1S/C20H24FN5S.HI/c1-3-22-20(24-9-8-17-5-4-12-27-17)25-14-16-6-7-19(18(21)13-16)26-11-10-23-15(26)2;/h4-7,10-13H,3,8-9,14H2,1-2H3,(H2,22,24,25);1H. The van der Waals surface area contributed by atoms with Crippen molar-refractivity contribution < 1.29 is 4.39 Å². The molecule has 2 heterocycles. The number of hydrogen-bond donors (Lipinski definition) is 2. The number of halogens is 2. The lowest BCUT2D eigenvalue weighted by atomic mass is 10.2. The zero-order valence-electron chi connectivity index (χ0n) is 16.0. The van der Waals surface area contributed by atoms with E-state index in [0.29, 0.717) is 12.2 Å². The Morgan fingerprint density at radius 3 is 2.79 bits per heavy atom. The lowest BCUT2D eigenvalue weighted by molar-refractivity contribution is 0.614. The fraction of sp³-hybridized carbons (Fsp3) is 0.300. The van der Waals surface area contributed by atoms with E-state index in [0.717, 1.165) is 36.9 Å². The molecule has 0 amide bonds. The number of aliphatic imine (C=N–C) groups is 1. The van der Waals surface area contributed by atoms with Crippen molar-refractivity contribution in [3.63, 3.8) is 0 Å². The van der Waals surface area contributed by atoms with Gasteiger partial charge in [0, 0.05) is 30.4 Å². The first-order valence-corrected chi connectivity index (χ1v) is 9.88. The van der Waals surface area contributed by atoms with Crippen LogP contribution in [0.1, 0.15) is 23.2 Å². The molecule has 0 aliphatic heterocycles. The van der Waals surface area contributed by atoms with Crippen LogP contribution in [0.5, 0.6) is 0 Å². The van der Waals surface area contributed by atoms with Gasteiger partial charge in [0.05, 0.1) is 12.2 Å². The van der Waals surface area contributed by atoms with Crippen molar-refractivity contribution in [1.82, 2.24) is 20.2 Å². The highest BCUT2D eigenvalue weighted by atomic mass is 127. The smallest absolute Gasteiger partial charge is 0.191 e. The SMILES string of the molecule is CCNC(=NCc1ccc(-n2ccnc2C)c(F)c1)NCCc1cccs1.I. The van der Waals surface area contributed by atoms with Gasteiger partial charge in [0.25, 0.3) is 0 Å². The first kappa shape index (κ1) is 22.4. The summed E-state index contributed by atoms with van der Waals surface area (Å²) >= 11 is 1.75. The topological polar surface area (TPSA) is 54.2 Å². The Morgan fingerprint density at radius 2 is 2.14 bits per heavy atom. The van der Waals surface area contributed by atoms with Crippen LogP contribution in [0.2, 0.25) is 0 Å². The first-order chi connectivity index (χ1) is 13.2. The van der Waals surface area contributed by atoms with Crippen molar-refractivity contribution in [3.8, 4) is 5.69 Å². The van der Waals surface area contributed by atoms with Crippen LogP contribution in [0.3, 0.4) is 0 Å². The van der Waals surface area contributed by atoms with E-state index in [9.17, 15) is 4.39 Å². The molecule has 1 aromatic carbocycles. The van der Waals surface area contributed by atoms with Crippen molar-refractivity contribution in [1.29, 1.82) is 0 Å². The highest BCUT2D eigenvalue weighted by Crippen LogP contribution is 2.17. The molecule has 2 aromatic heterocycles. The second-order valence-corrected chi connectivity index (χ2v) is 7.11. The van der Waals surface area contributed by atoms with Crippen molar-refractivity contribution in [2.45, 2.75) is 26.8 Å². The molecule has 0 radical (unpaired) electrons. The number of benzene rings is 1. The fourth-order valence-electron chi connectivity index (χ4n) is 2.75. The van der Waals surface area contributed by atoms with Gasteiger partial charge in [-0.1, -0.05) is 12.1 Å². The Morgan fingerprint density at radius 1 is 1.29 bits per heavy atom. The summed E-state index contributed by atoms with van der Waals surface area (Å²) in [6, 6.07) is 9.39. The van der Waals surface area contributed by atoms with Crippen molar-refractivity contribution in [2.24, 2.45) is 4.99 Å². The lowest BCUT2D eigenvalue weighted by Gasteiger charge is -2.11. The van der Waals surface area contributed by atoms with Crippen molar-refractivity contribution in [3.05, 3.63) is 70.2 Å². The van der Waals surface area contributed by atoms with Gasteiger partial charge in [-0.05, 0) is 49.4 Å². The number of hydrogen-bond acceptors (Lipinski definition) is 3. The zero-order valence-corrected chi connectivity index (χ0v) is 19.1. The number of guanidine groups is 1. The molecule has 28 heavy (non-hydrogen) atoms. The summed E-state index contributed by atoms with van der Waals surface area (Å²) in [5.74, 6) is 1.22. The lowest BCUT2D eigenvalue weighted by Crippen LogP contribution is -2.38. The van der Waals surface area contributed by atoms with Crippen LogP contribution in [0, 0.1) is 12.7 Å². The van der Waals surface area contributed by atoms with Crippen LogP contribution in [-0.4, -0.2) is 28.6 Å². The monoisotopic (exact) mass is 513 g/mol. The summed E-state index contributed by atoms with van der Waals surface area (Å²) < 4.78 is 16.2.